The van der Waals surface area contributed by atoms with E-state index < -0.39 is 6.04 Å². The summed E-state index contributed by atoms with van der Waals surface area (Å²) in [7, 11) is 1.56. The summed E-state index contributed by atoms with van der Waals surface area (Å²) in [6.07, 6.45) is 1.44. The van der Waals surface area contributed by atoms with Crippen LogP contribution in [-0.4, -0.2) is 52.6 Å². The zero-order valence-corrected chi connectivity index (χ0v) is 14.5. The standard InChI is InChI=1S/C18H23N5O2/c1-3-11-4-6-12(7-5-11)14-9-15(22-21-14)18(25)23-10-13(19)8-16(23)17(24)20-2/h4-7,9,13,16H,3,8,10,19H2,1-2H3,(H,20,24)(H,21,22)/t13-,16+/m1/s1. The maximum Gasteiger partial charge on any atom is 0.272 e. The first kappa shape index (κ1) is 17.2. The normalized spacial score (nSPS) is 19.9. The van der Waals surface area contributed by atoms with E-state index in [4.69, 9.17) is 5.73 Å². The Bertz CT molecular complexity index is 768. The third kappa shape index (κ3) is 3.41. The SMILES string of the molecule is CCc1ccc(-c2cc(C(=O)N3C[C@H](N)C[C@H]3C(=O)NC)[nH]n2)cc1. The number of nitrogens with two attached hydrogens (primary N) is 1. The summed E-state index contributed by atoms with van der Waals surface area (Å²) in [6.45, 7) is 2.46. The first-order valence-electron chi connectivity index (χ1n) is 8.46. The average Bonchev–Trinajstić information content (AvgIpc) is 3.27. The Hall–Kier alpha value is -2.67. The molecule has 2 atom stereocenters. The highest BCUT2D eigenvalue weighted by Crippen LogP contribution is 2.22. The number of H-pyrrole nitrogens is 1. The third-order valence-electron chi connectivity index (χ3n) is 4.61. The van der Waals surface area contributed by atoms with Crippen LogP contribution in [0.15, 0.2) is 30.3 Å². The van der Waals surface area contributed by atoms with Crippen LogP contribution in [0.5, 0.6) is 0 Å². The molecule has 132 valence electrons. The highest BCUT2D eigenvalue weighted by atomic mass is 16.2. The molecule has 1 aliphatic rings. The van der Waals surface area contributed by atoms with Crippen molar-refractivity contribution in [3.05, 3.63) is 41.6 Å². The van der Waals surface area contributed by atoms with Crippen LogP contribution < -0.4 is 11.1 Å². The Morgan fingerprint density at radius 3 is 2.72 bits per heavy atom. The molecule has 1 fully saturated rings. The summed E-state index contributed by atoms with van der Waals surface area (Å²) >= 11 is 0. The first-order valence-corrected chi connectivity index (χ1v) is 8.46. The van der Waals surface area contributed by atoms with Gasteiger partial charge in [0.25, 0.3) is 5.91 Å². The smallest absolute Gasteiger partial charge is 0.272 e. The molecule has 0 spiro atoms. The molecular weight excluding hydrogens is 318 g/mol. The molecule has 0 radical (unpaired) electrons. The lowest BCUT2D eigenvalue weighted by atomic mass is 10.1. The number of rotatable bonds is 4. The van der Waals surface area contributed by atoms with Gasteiger partial charge in [0.2, 0.25) is 5.91 Å². The first-order chi connectivity index (χ1) is 12.0. The van der Waals surface area contributed by atoms with Crippen molar-refractivity contribution in [3.8, 4) is 11.3 Å². The van der Waals surface area contributed by atoms with Crippen LogP contribution >= 0.6 is 0 Å². The van der Waals surface area contributed by atoms with Crippen molar-refractivity contribution in [1.82, 2.24) is 20.4 Å². The maximum atomic E-state index is 12.8. The minimum atomic E-state index is -0.539. The van der Waals surface area contributed by atoms with Crippen LogP contribution in [0.4, 0.5) is 0 Å². The Labute approximate surface area is 146 Å². The number of nitrogens with zero attached hydrogens (tertiary/aromatic N) is 2. The zero-order valence-electron chi connectivity index (χ0n) is 14.5. The van der Waals surface area contributed by atoms with Crippen molar-refractivity contribution >= 4 is 11.8 Å². The highest BCUT2D eigenvalue weighted by molar-refractivity contribution is 5.97. The van der Waals surface area contributed by atoms with Gasteiger partial charge in [0, 0.05) is 25.2 Å². The molecule has 2 amide bonds. The lowest BCUT2D eigenvalue weighted by Gasteiger charge is -2.22. The molecule has 7 nitrogen and oxygen atoms in total. The molecule has 1 aromatic carbocycles. The van der Waals surface area contributed by atoms with Crippen LogP contribution in [0.1, 0.15) is 29.4 Å². The van der Waals surface area contributed by atoms with Crippen LogP contribution in [0, 0.1) is 0 Å². The molecule has 0 unspecified atom stereocenters. The second kappa shape index (κ2) is 7.06. The molecule has 0 saturated carbocycles. The zero-order chi connectivity index (χ0) is 18.0. The van der Waals surface area contributed by atoms with Gasteiger partial charge in [0.05, 0.1) is 5.69 Å². The van der Waals surface area contributed by atoms with Crippen LogP contribution in [0.2, 0.25) is 0 Å². The molecule has 1 aromatic heterocycles. The number of hydrogen-bond acceptors (Lipinski definition) is 4. The minimum Gasteiger partial charge on any atom is -0.357 e. The fourth-order valence-electron chi connectivity index (χ4n) is 3.15. The van der Waals surface area contributed by atoms with E-state index in [1.807, 2.05) is 24.3 Å². The summed E-state index contributed by atoms with van der Waals surface area (Å²) in [4.78, 5) is 26.3. The molecule has 2 aromatic rings. The van der Waals surface area contributed by atoms with Crippen molar-refractivity contribution in [3.63, 3.8) is 0 Å². The van der Waals surface area contributed by atoms with E-state index >= 15 is 0 Å². The molecule has 1 saturated heterocycles. The second-order valence-corrected chi connectivity index (χ2v) is 6.30. The van der Waals surface area contributed by atoms with Crippen LogP contribution in [0.3, 0.4) is 0 Å². The summed E-state index contributed by atoms with van der Waals surface area (Å²) < 4.78 is 0. The van der Waals surface area contributed by atoms with E-state index in [9.17, 15) is 9.59 Å². The van der Waals surface area contributed by atoms with E-state index in [0.717, 1.165) is 12.0 Å². The molecule has 4 N–H and O–H groups in total. The summed E-state index contributed by atoms with van der Waals surface area (Å²) in [5.74, 6) is -0.457. The summed E-state index contributed by atoms with van der Waals surface area (Å²) in [6, 6.07) is 9.05. The van der Waals surface area contributed by atoms with Crippen molar-refractivity contribution in [2.24, 2.45) is 5.73 Å². The molecule has 25 heavy (non-hydrogen) atoms. The van der Waals surface area contributed by atoms with Crippen molar-refractivity contribution in [2.45, 2.75) is 31.8 Å². The van der Waals surface area contributed by atoms with E-state index in [1.54, 1.807) is 13.1 Å². The van der Waals surface area contributed by atoms with Crippen molar-refractivity contribution in [1.29, 1.82) is 0 Å². The van der Waals surface area contributed by atoms with Gasteiger partial charge >= 0.3 is 0 Å². The van der Waals surface area contributed by atoms with Gasteiger partial charge in [0.15, 0.2) is 0 Å². The molecule has 0 aliphatic carbocycles. The fraction of sp³-hybridized carbons (Fsp3) is 0.389. The summed E-state index contributed by atoms with van der Waals surface area (Å²) in [5, 5.41) is 9.62. The van der Waals surface area contributed by atoms with Gasteiger partial charge in [-0.15, -0.1) is 0 Å². The van der Waals surface area contributed by atoms with E-state index in [0.29, 0.717) is 24.4 Å². The van der Waals surface area contributed by atoms with Crippen molar-refractivity contribution < 1.29 is 9.59 Å². The third-order valence-corrected chi connectivity index (χ3v) is 4.61. The van der Waals surface area contributed by atoms with Crippen LogP contribution in [0.25, 0.3) is 11.3 Å². The highest BCUT2D eigenvalue weighted by Gasteiger charge is 2.38. The molecule has 0 bridgehead atoms. The second-order valence-electron chi connectivity index (χ2n) is 6.30. The number of likely N-dealkylation sites (tertiary alicyclic amines) is 1. The fourth-order valence-corrected chi connectivity index (χ4v) is 3.15. The quantitative estimate of drug-likeness (QED) is 0.769. The Kier molecular flexibility index (Phi) is 4.85. The lowest BCUT2D eigenvalue weighted by Crippen LogP contribution is -2.45. The van der Waals surface area contributed by atoms with E-state index in [-0.39, 0.29) is 17.9 Å². The Balaban J connectivity index is 1.81. The van der Waals surface area contributed by atoms with Gasteiger partial charge in [-0.2, -0.15) is 5.10 Å². The predicted molar refractivity (Wildman–Crippen MR) is 94.9 cm³/mol. The number of likely N-dealkylation sites (N-methyl/N-ethyl adjacent to an activating group) is 1. The number of aryl methyl sites for hydroxylation is 1. The number of aromatic amines is 1. The topological polar surface area (TPSA) is 104 Å². The molecular formula is C18H23N5O2. The van der Waals surface area contributed by atoms with Gasteiger partial charge in [-0.25, -0.2) is 0 Å². The van der Waals surface area contributed by atoms with Crippen LogP contribution in [-0.2, 0) is 11.2 Å². The number of carbonyl (C=O) groups excluding carboxylic acids is 2. The van der Waals surface area contributed by atoms with Gasteiger partial charge in [-0.1, -0.05) is 31.2 Å². The average molecular weight is 341 g/mol. The number of benzene rings is 1. The number of amides is 2. The molecule has 3 rings (SSSR count). The number of carbonyl (C=O) groups is 2. The van der Waals surface area contributed by atoms with Gasteiger partial charge in [-0.05, 0) is 24.5 Å². The number of aromatic nitrogens is 2. The van der Waals surface area contributed by atoms with Gasteiger partial charge in [0.1, 0.15) is 11.7 Å². The largest absolute Gasteiger partial charge is 0.357 e. The Morgan fingerprint density at radius 2 is 2.08 bits per heavy atom. The van der Waals surface area contributed by atoms with Gasteiger partial charge < -0.3 is 16.0 Å². The number of nitrogens with one attached hydrogen (secondary N) is 2. The maximum absolute atomic E-state index is 12.8. The molecule has 1 aliphatic heterocycles. The van der Waals surface area contributed by atoms with Crippen molar-refractivity contribution in [2.75, 3.05) is 13.6 Å². The summed E-state index contributed by atoms with van der Waals surface area (Å²) in [5.41, 5.74) is 9.19. The predicted octanol–water partition coefficient (Wildman–Crippen LogP) is 0.927. The molecule has 7 heteroatoms. The molecule has 2 heterocycles. The minimum absolute atomic E-state index is 0.198. The van der Waals surface area contributed by atoms with E-state index in [1.165, 1.54) is 10.5 Å². The Morgan fingerprint density at radius 1 is 1.36 bits per heavy atom. The van der Waals surface area contributed by atoms with Gasteiger partial charge in [-0.3, -0.25) is 14.7 Å². The lowest BCUT2D eigenvalue weighted by molar-refractivity contribution is -0.124. The monoisotopic (exact) mass is 341 g/mol. The number of hydrogen-bond donors (Lipinski definition) is 3. The van der Waals surface area contributed by atoms with E-state index in [2.05, 4.69) is 22.4 Å².